The van der Waals surface area contributed by atoms with Gasteiger partial charge in [-0.3, -0.25) is 8.51 Å². The summed E-state index contributed by atoms with van der Waals surface area (Å²) in [6.07, 6.45) is 0. The van der Waals surface area contributed by atoms with Gasteiger partial charge in [-0.1, -0.05) is 36.4 Å². The van der Waals surface area contributed by atoms with Crippen molar-refractivity contribution in [3.05, 3.63) is 90.5 Å². The predicted molar refractivity (Wildman–Crippen MR) is 140 cm³/mol. The van der Waals surface area contributed by atoms with Crippen LogP contribution in [0.5, 0.6) is 11.5 Å². The fraction of sp³-hybridized carbons (Fsp3) is 0.148. The Morgan fingerprint density at radius 2 is 1.39 bits per heavy atom. The van der Waals surface area contributed by atoms with Crippen molar-refractivity contribution < 1.29 is 28.1 Å². The topological polar surface area (TPSA) is 102 Å². The molecule has 186 valence electrons. The minimum absolute atomic E-state index is 0.150. The standard InChI is InChI=1S/C27H26N2O6S/c1-28(2)23-10-5-8-22-21(23)7-6-11-24(22)29(36(32)33)25-9-3-4-12-26(25)35-18-17-34-20-15-13-19(14-16-20)27(30)31/h3-16H,17-18H2,1-2H3,(H,30,31)(H,32,33)/p-1. The second-order valence-corrected chi connectivity index (χ2v) is 8.85. The fourth-order valence-electron chi connectivity index (χ4n) is 3.89. The summed E-state index contributed by atoms with van der Waals surface area (Å²) in [6.45, 7) is 0.332. The third-order valence-corrected chi connectivity index (χ3v) is 6.21. The van der Waals surface area contributed by atoms with Gasteiger partial charge in [0.25, 0.3) is 0 Å². The Balaban J connectivity index is 1.57. The monoisotopic (exact) mass is 505 g/mol. The van der Waals surface area contributed by atoms with E-state index < -0.39 is 17.2 Å². The van der Waals surface area contributed by atoms with Gasteiger partial charge in [0.05, 0.1) is 28.2 Å². The van der Waals surface area contributed by atoms with E-state index in [0.717, 1.165) is 16.5 Å². The van der Waals surface area contributed by atoms with Crippen LogP contribution in [0.3, 0.4) is 0 Å². The maximum atomic E-state index is 12.5. The van der Waals surface area contributed by atoms with Crippen LogP contribution in [0, 0.1) is 0 Å². The van der Waals surface area contributed by atoms with E-state index >= 15 is 0 Å². The third-order valence-electron chi connectivity index (χ3n) is 5.52. The number of aromatic carboxylic acids is 1. The van der Waals surface area contributed by atoms with Crippen LogP contribution < -0.4 is 18.7 Å². The van der Waals surface area contributed by atoms with E-state index in [4.69, 9.17) is 14.6 Å². The van der Waals surface area contributed by atoms with Gasteiger partial charge in [0.15, 0.2) is 0 Å². The lowest BCUT2D eigenvalue weighted by Crippen LogP contribution is -2.21. The fourth-order valence-corrected chi connectivity index (χ4v) is 4.52. The Morgan fingerprint density at radius 3 is 2.03 bits per heavy atom. The quantitative estimate of drug-likeness (QED) is 0.239. The van der Waals surface area contributed by atoms with Crippen molar-refractivity contribution in [1.82, 2.24) is 0 Å². The maximum absolute atomic E-state index is 12.5. The molecule has 0 saturated heterocycles. The minimum Gasteiger partial charge on any atom is -0.755 e. The molecule has 0 amide bonds. The van der Waals surface area contributed by atoms with E-state index in [0.29, 0.717) is 22.9 Å². The van der Waals surface area contributed by atoms with Crippen molar-refractivity contribution in [2.24, 2.45) is 0 Å². The van der Waals surface area contributed by atoms with Crippen LogP contribution in [-0.2, 0) is 11.3 Å². The Kier molecular flexibility index (Phi) is 7.72. The highest BCUT2D eigenvalue weighted by Crippen LogP contribution is 2.40. The zero-order valence-electron chi connectivity index (χ0n) is 19.8. The van der Waals surface area contributed by atoms with Crippen molar-refractivity contribution in [2.45, 2.75) is 0 Å². The first kappa shape index (κ1) is 25.0. The number of carbonyl (C=O) groups is 1. The van der Waals surface area contributed by atoms with Gasteiger partial charge in [0.2, 0.25) is 0 Å². The summed E-state index contributed by atoms with van der Waals surface area (Å²) < 4.78 is 37.8. The van der Waals surface area contributed by atoms with Crippen molar-refractivity contribution in [2.75, 3.05) is 36.5 Å². The van der Waals surface area contributed by atoms with Crippen molar-refractivity contribution in [1.29, 1.82) is 0 Å². The maximum Gasteiger partial charge on any atom is 0.335 e. The van der Waals surface area contributed by atoms with E-state index in [1.807, 2.05) is 49.3 Å². The van der Waals surface area contributed by atoms with Gasteiger partial charge in [-0.25, -0.2) is 4.79 Å². The van der Waals surface area contributed by atoms with Crippen LogP contribution in [0.15, 0.2) is 84.9 Å². The number of hydrogen-bond acceptors (Lipinski definition) is 6. The Hall–Kier alpha value is -4.08. The normalized spacial score (nSPS) is 11.6. The number of carboxylic acids is 1. The minimum atomic E-state index is -2.62. The molecular formula is C27H25N2O6S-. The molecule has 9 heteroatoms. The van der Waals surface area contributed by atoms with Gasteiger partial charge >= 0.3 is 5.97 Å². The summed E-state index contributed by atoms with van der Waals surface area (Å²) in [5, 5.41) is 10.7. The van der Waals surface area contributed by atoms with Crippen LogP contribution in [0.25, 0.3) is 10.8 Å². The molecule has 0 aliphatic heterocycles. The third kappa shape index (κ3) is 5.42. The smallest absolute Gasteiger partial charge is 0.335 e. The highest BCUT2D eigenvalue weighted by Gasteiger charge is 2.19. The SMILES string of the molecule is CN(C)c1cccc2c(N(c3ccccc3OCCOc3ccc(C(=O)O)cc3)S(=O)[O-])cccc12. The molecule has 0 aliphatic carbocycles. The first-order valence-electron chi connectivity index (χ1n) is 11.1. The molecule has 8 nitrogen and oxygen atoms in total. The number of benzene rings is 4. The van der Waals surface area contributed by atoms with Crippen molar-refractivity contribution in [3.8, 4) is 11.5 Å². The van der Waals surface area contributed by atoms with Crippen LogP contribution >= 0.6 is 0 Å². The largest absolute Gasteiger partial charge is 0.755 e. The Bertz CT molecular complexity index is 1390. The molecular weight excluding hydrogens is 480 g/mol. The predicted octanol–water partition coefficient (Wildman–Crippen LogP) is 4.99. The average molecular weight is 506 g/mol. The second kappa shape index (κ2) is 11.1. The molecule has 0 aliphatic rings. The first-order valence-corrected chi connectivity index (χ1v) is 12.2. The number of para-hydroxylation sites is 2. The molecule has 0 radical (unpaired) electrons. The molecule has 0 fully saturated rings. The van der Waals surface area contributed by atoms with E-state index in [-0.39, 0.29) is 18.8 Å². The van der Waals surface area contributed by atoms with Crippen LogP contribution in [-0.4, -0.2) is 47.1 Å². The number of hydrogen-bond donors (Lipinski definition) is 1. The van der Waals surface area contributed by atoms with E-state index in [1.54, 1.807) is 42.5 Å². The lowest BCUT2D eigenvalue weighted by atomic mass is 10.1. The molecule has 1 N–H and O–H groups in total. The Labute approximate surface area is 211 Å². The molecule has 4 rings (SSSR count). The summed E-state index contributed by atoms with van der Waals surface area (Å²) in [4.78, 5) is 13.0. The van der Waals surface area contributed by atoms with Crippen molar-refractivity contribution >= 4 is 45.1 Å². The molecule has 1 atom stereocenters. The van der Waals surface area contributed by atoms with Crippen LogP contribution in [0.2, 0.25) is 0 Å². The molecule has 36 heavy (non-hydrogen) atoms. The van der Waals surface area contributed by atoms with Gasteiger partial charge in [0, 0.05) is 30.6 Å². The summed E-state index contributed by atoms with van der Waals surface area (Å²) in [5.74, 6) is -0.121. The number of anilines is 3. The molecule has 0 heterocycles. The summed E-state index contributed by atoms with van der Waals surface area (Å²) in [6, 6.07) is 24.3. The van der Waals surface area contributed by atoms with Gasteiger partial charge in [0.1, 0.15) is 24.7 Å². The molecule has 0 bridgehead atoms. The Morgan fingerprint density at radius 1 is 0.806 bits per heavy atom. The highest BCUT2D eigenvalue weighted by molar-refractivity contribution is 7.81. The molecule has 0 spiro atoms. The number of ether oxygens (including phenoxy) is 2. The number of nitrogens with zero attached hydrogens (tertiary/aromatic N) is 2. The number of fused-ring (bicyclic) bond motifs is 1. The molecule has 0 aromatic heterocycles. The zero-order valence-corrected chi connectivity index (χ0v) is 20.6. The molecule has 4 aromatic rings. The molecule has 4 aromatic carbocycles. The lowest BCUT2D eigenvalue weighted by molar-refractivity contribution is 0.0697. The lowest BCUT2D eigenvalue weighted by Gasteiger charge is -2.29. The molecule has 0 saturated carbocycles. The van der Waals surface area contributed by atoms with E-state index in [2.05, 4.69) is 0 Å². The van der Waals surface area contributed by atoms with Crippen LogP contribution in [0.4, 0.5) is 17.1 Å². The van der Waals surface area contributed by atoms with Crippen molar-refractivity contribution in [3.63, 3.8) is 0 Å². The summed E-state index contributed by atoms with van der Waals surface area (Å²) in [5.41, 5.74) is 2.03. The van der Waals surface area contributed by atoms with Gasteiger partial charge in [-0.2, -0.15) is 0 Å². The average Bonchev–Trinajstić information content (AvgIpc) is 2.87. The summed E-state index contributed by atoms with van der Waals surface area (Å²) in [7, 11) is 3.88. The van der Waals surface area contributed by atoms with E-state index in [9.17, 15) is 13.6 Å². The van der Waals surface area contributed by atoms with Gasteiger partial charge in [-0.15, -0.1) is 0 Å². The number of carboxylic acid groups (broad SMARTS) is 1. The summed E-state index contributed by atoms with van der Waals surface area (Å²) >= 11 is -2.62. The zero-order chi connectivity index (χ0) is 25.7. The molecule has 1 unspecified atom stereocenters. The van der Waals surface area contributed by atoms with E-state index in [1.165, 1.54) is 16.4 Å². The van der Waals surface area contributed by atoms with Gasteiger partial charge < -0.3 is 24.0 Å². The number of rotatable bonds is 10. The highest BCUT2D eigenvalue weighted by atomic mass is 32.2. The van der Waals surface area contributed by atoms with Gasteiger partial charge in [-0.05, 0) is 48.5 Å². The first-order chi connectivity index (χ1) is 17.4. The second-order valence-electron chi connectivity index (χ2n) is 8.05. The van der Waals surface area contributed by atoms with Crippen LogP contribution in [0.1, 0.15) is 10.4 Å².